The first-order valence-electron chi connectivity index (χ1n) is 4.04. The van der Waals surface area contributed by atoms with Gasteiger partial charge in [-0.05, 0) is 0 Å². The molecule has 0 spiro atoms. The summed E-state index contributed by atoms with van der Waals surface area (Å²) in [6.07, 6.45) is 1.64. The number of carboxylic acids is 1. The first-order chi connectivity index (χ1) is 6.11. The Labute approximate surface area is 77.5 Å². The molecule has 13 heavy (non-hydrogen) atoms. The van der Waals surface area contributed by atoms with E-state index in [0.717, 1.165) is 0 Å². The monoisotopic (exact) mass is 188 g/mol. The van der Waals surface area contributed by atoms with Gasteiger partial charge in [-0.3, -0.25) is 9.69 Å². The summed E-state index contributed by atoms with van der Waals surface area (Å²) in [7, 11) is 0. The van der Waals surface area contributed by atoms with E-state index in [1.54, 1.807) is 11.0 Å². The van der Waals surface area contributed by atoms with E-state index in [0.29, 0.717) is 13.1 Å². The van der Waals surface area contributed by atoms with Crippen molar-refractivity contribution in [1.82, 2.24) is 4.90 Å². The molecule has 0 aliphatic rings. The number of nitrogens with two attached hydrogens (primary N) is 1. The Morgan fingerprint density at radius 3 is 2.69 bits per heavy atom. The Kier molecular flexibility index (Phi) is 6.13. The van der Waals surface area contributed by atoms with Gasteiger partial charge in [0.2, 0.25) is 0 Å². The maximum Gasteiger partial charge on any atom is 0.321 e. The predicted octanol–water partition coefficient (Wildman–Crippen LogP) is -1.12. The maximum atomic E-state index is 10.4. The molecule has 0 bridgehead atoms. The van der Waals surface area contributed by atoms with E-state index < -0.39 is 12.0 Å². The molecule has 5 nitrogen and oxygen atoms in total. The quantitative estimate of drug-likeness (QED) is 0.440. The van der Waals surface area contributed by atoms with Crippen LogP contribution in [0.25, 0.3) is 0 Å². The number of aliphatic carboxylic acids is 1. The minimum atomic E-state index is -1.04. The van der Waals surface area contributed by atoms with Gasteiger partial charge in [0.1, 0.15) is 6.04 Å². The van der Waals surface area contributed by atoms with Gasteiger partial charge in [0.15, 0.2) is 0 Å². The zero-order valence-electron chi connectivity index (χ0n) is 7.52. The molecule has 0 aliphatic carbocycles. The molecular formula is C8H16N2O3. The predicted molar refractivity (Wildman–Crippen MR) is 49.3 cm³/mol. The summed E-state index contributed by atoms with van der Waals surface area (Å²) in [4.78, 5) is 12.1. The van der Waals surface area contributed by atoms with Crippen LogP contribution in [0.2, 0.25) is 0 Å². The third-order valence-corrected chi connectivity index (χ3v) is 1.58. The van der Waals surface area contributed by atoms with E-state index in [9.17, 15) is 4.79 Å². The maximum absolute atomic E-state index is 10.4. The van der Waals surface area contributed by atoms with E-state index in [1.165, 1.54) is 0 Å². The van der Waals surface area contributed by atoms with Gasteiger partial charge in [-0.1, -0.05) is 6.08 Å². The Morgan fingerprint density at radius 2 is 2.31 bits per heavy atom. The fourth-order valence-electron chi connectivity index (χ4n) is 0.937. The third-order valence-electron chi connectivity index (χ3n) is 1.58. The number of nitrogens with zero attached hydrogens (tertiary/aromatic N) is 1. The van der Waals surface area contributed by atoms with Crippen molar-refractivity contribution < 1.29 is 15.0 Å². The number of aliphatic hydroxyl groups is 1. The summed E-state index contributed by atoms with van der Waals surface area (Å²) >= 11 is 0. The molecule has 0 aromatic heterocycles. The van der Waals surface area contributed by atoms with Crippen LogP contribution in [-0.4, -0.2) is 53.4 Å². The number of hydrogen-bond acceptors (Lipinski definition) is 4. The molecule has 0 radical (unpaired) electrons. The largest absolute Gasteiger partial charge is 0.480 e. The summed E-state index contributed by atoms with van der Waals surface area (Å²) < 4.78 is 0. The first kappa shape index (κ1) is 12.1. The lowest BCUT2D eigenvalue weighted by Crippen LogP contribution is -2.43. The number of hydrogen-bond donors (Lipinski definition) is 3. The molecule has 0 amide bonds. The van der Waals surface area contributed by atoms with Gasteiger partial charge in [0, 0.05) is 19.6 Å². The SMILES string of the molecule is C=CCN(CCO)CC(N)C(=O)O. The fraction of sp³-hybridized carbons (Fsp3) is 0.625. The van der Waals surface area contributed by atoms with Crippen molar-refractivity contribution in [2.45, 2.75) is 6.04 Å². The van der Waals surface area contributed by atoms with Crippen LogP contribution in [0.15, 0.2) is 12.7 Å². The molecule has 0 rings (SSSR count). The van der Waals surface area contributed by atoms with E-state index in [2.05, 4.69) is 6.58 Å². The number of aliphatic hydroxyl groups excluding tert-OH is 1. The van der Waals surface area contributed by atoms with E-state index in [1.807, 2.05) is 0 Å². The molecule has 0 saturated heterocycles. The van der Waals surface area contributed by atoms with Gasteiger partial charge in [-0.2, -0.15) is 0 Å². The highest BCUT2D eigenvalue weighted by atomic mass is 16.4. The standard InChI is InChI=1S/C8H16N2O3/c1-2-3-10(4-5-11)6-7(9)8(12)13/h2,7,11H,1,3-6,9H2,(H,12,13). The third kappa shape index (κ3) is 5.35. The van der Waals surface area contributed by atoms with Crippen LogP contribution in [0.3, 0.4) is 0 Å². The Bertz CT molecular complexity index is 173. The number of carboxylic acid groups (broad SMARTS) is 1. The van der Waals surface area contributed by atoms with E-state index in [4.69, 9.17) is 15.9 Å². The van der Waals surface area contributed by atoms with Gasteiger partial charge in [-0.25, -0.2) is 0 Å². The summed E-state index contributed by atoms with van der Waals surface area (Å²) in [6.45, 7) is 4.67. The van der Waals surface area contributed by atoms with Crippen molar-refractivity contribution in [2.24, 2.45) is 5.73 Å². The number of carbonyl (C=O) groups is 1. The minimum absolute atomic E-state index is 0.0137. The molecule has 0 saturated carbocycles. The second kappa shape index (κ2) is 6.59. The van der Waals surface area contributed by atoms with Crippen molar-refractivity contribution in [3.8, 4) is 0 Å². The van der Waals surface area contributed by atoms with Gasteiger partial charge in [-0.15, -0.1) is 6.58 Å². The van der Waals surface area contributed by atoms with Gasteiger partial charge >= 0.3 is 5.97 Å². The molecule has 0 aromatic rings. The summed E-state index contributed by atoms with van der Waals surface area (Å²) in [6, 6.07) is -0.911. The van der Waals surface area contributed by atoms with E-state index >= 15 is 0 Å². The molecule has 1 unspecified atom stereocenters. The van der Waals surface area contributed by atoms with Crippen molar-refractivity contribution >= 4 is 5.97 Å². The van der Waals surface area contributed by atoms with E-state index in [-0.39, 0.29) is 13.2 Å². The molecule has 76 valence electrons. The highest BCUT2D eigenvalue weighted by Crippen LogP contribution is 1.91. The average molecular weight is 188 g/mol. The van der Waals surface area contributed by atoms with Gasteiger partial charge in [0.25, 0.3) is 0 Å². The average Bonchev–Trinajstić information content (AvgIpc) is 2.05. The lowest BCUT2D eigenvalue weighted by atomic mass is 10.3. The van der Waals surface area contributed by atoms with Crippen LogP contribution in [0.4, 0.5) is 0 Å². The lowest BCUT2D eigenvalue weighted by Gasteiger charge is -2.21. The molecular weight excluding hydrogens is 172 g/mol. The van der Waals surface area contributed by atoms with Crippen molar-refractivity contribution in [1.29, 1.82) is 0 Å². The van der Waals surface area contributed by atoms with Crippen LogP contribution in [-0.2, 0) is 4.79 Å². The Balaban J connectivity index is 3.92. The van der Waals surface area contributed by atoms with Gasteiger partial charge in [0.05, 0.1) is 6.61 Å². The van der Waals surface area contributed by atoms with Crippen LogP contribution < -0.4 is 5.73 Å². The topological polar surface area (TPSA) is 86.8 Å². The molecule has 4 N–H and O–H groups in total. The first-order valence-corrected chi connectivity index (χ1v) is 4.04. The number of rotatable bonds is 7. The van der Waals surface area contributed by atoms with Crippen LogP contribution >= 0.6 is 0 Å². The second-order valence-electron chi connectivity index (χ2n) is 2.72. The second-order valence-corrected chi connectivity index (χ2v) is 2.72. The summed E-state index contributed by atoms with van der Waals surface area (Å²) in [5.41, 5.74) is 5.32. The van der Waals surface area contributed by atoms with Crippen molar-refractivity contribution in [2.75, 3.05) is 26.2 Å². The van der Waals surface area contributed by atoms with Gasteiger partial charge < -0.3 is 15.9 Å². The Morgan fingerprint density at radius 1 is 1.69 bits per heavy atom. The summed E-state index contributed by atoms with van der Waals surface area (Å²) in [5.74, 6) is -1.04. The lowest BCUT2D eigenvalue weighted by molar-refractivity contribution is -0.139. The minimum Gasteiger partial charge on any atom is -0.480 e. The fourth-order valence-corrected chi connectivity index (χ4v) is 0.937. The molecule has 5 heteroatoms. The highest BCUT2D eigenvalue weighted by Gasteiger charge is 2.14. The smallest absolute Gasteiger partial charge is 0.321 e. The zero-order chi connectivity index (χ0) is 10.3. The Hall–Kier alpha value is -0.910. The molecule has 0 aliphatic heterocycles. The molecule has 0 fully saturated rings. The zero-order valence-corrected chi connectivity index (χ0v) is 7.52. The molecule has 1 atom stereocenters. The van der Waals surface area contributed by atoms with Crippen molar-refractivity contribution in [3.05, 3.63) is 12.7 Å². The molecule has 0 aromatic carbocycles. The van der Waals surface area contributed by atoms with Crippen LogP contribution in [0, 0.1) is 0 Å². The molecule has 0 heterocycles. The van der Waals surface area contributed by atoms with Crippen LogP contribution in [0.5, 0.6) is 0 Å². The van der Waals surface area contributed by atoms with Crippen LogP contribution in [0.1, 0.15) is 0 Å². The normalized spacial score (nSPS) is 12.8. The van der Waals surface area contributed by atoms with Crippen molar-refractivity contribution in [3.63, 3.8) is 0 Å². The highest BCUT2D eigenvalue weighted by molar-refractivity contribution is 5.73. The summed E-state index contributed by atoms with van der Waals surface area (Å²) in [5, 5.41) is 17.2.